The van der Waals surface area contributed by atoms with E-state index >= 15 is 0 Å². The second-order valence-electron chi connectivity index (χ2n) is 5.31. The summed E-state index contributed by atoms with van der Waals surface area (Å²) in [5.41, 5.74) is -0.419. The molecule has 0 bridgehead atoms. The Hall–Kier alpha value is -0.640. The van der Waals surface area contributed by atoms with Gasteiger partial charge >= 0.3 is 0 Å². The van der Waals surface area contributed by atoms with Crippen molar-refractivity contribution in [3.63, 3.8) is 0 Å². The van der Waals surface area contributed by atoms with Crippen LogP contribution in [0.2, 0.25) is 5.02 Å². The largest absolute Gasteiger partial charge is 0.389 e. The second-order valence-corrected chi connectivity index (χ2v) is 5.75. The number of aliphatic hydroxyl groups is 1. The van der Waals surface area contributed by atoms with Crippen molar-refractivity contribution in [2.24, 2.45) is 5.92 Å². The van der Waals surface area contributed by atoms with Gasteiger partial charge in [-0.25, -0.2) is 4.39 Å². The Morgan fingerprint density at radius 2 is 2.33 bits per heavy atom. The predicted octanol–water partition coefficient (Wildman–Crippen LogP) is 2.77. The van der Waals surface area contributed by atoms with E-state index in [1.165, 1.54) is 12.1 Å². The smallest absolute Gasteiger partial charge is 0.126 e. The first-order chi connectivity index (χ1) is 8.49. The second kappa shape index (κ2) is 5.55. The van der Waals surface area contributed by atoms with Gasteiger partial charge in [-0.05, 0) is 50.1 Å². The van der Waals surface area contributed by atoms with E-state index in [0.29, 0.717) is 17.0 Å². The van der Waals surface area contributed by atoms with Gasteiger partial charge in [0.15, 0.2) is 0 Å². The molecule has 100 valence electrons. The SMILES string of the molecule is CC(O)(Cc1cc(Cl)ccc1F)C1CCCNC1. The quantitative estimate of drug-likeness (QED) is 0.886. The maximum atomic E-state index is 13.7. The zero-order valence-corrected chi connectivity index (χ0v) is 11.3. The summed E-state index contributed by atoms with van der Waals surface area (Å²) >= 11 is 5.87. The first kappa shape index (κ1) is 13.8. The molecule has 1 aromatic carbocycles. The summed E-state index contributed by atoms with van der Waals surface area (Å²) in [5, 5.41) is 14.3. The molecule has 1 aliphatic heterocycles. The van der Waals surface area contributed by atoms with Gasteiger partial charge < -0.3 is 10.4 Å². The molecular weight excluding hydrogens is 253 g/mol. The fourth-order valence-electron chi connectivity index (χ4n) is 2.59. The van der Waals surface area contributed by atoms with Crippen LogP contribution in [0.4, 0.5) is 4.39 Å². The molecule has 1 saturated heterocycles. The van der Waals surface area contributed by atoms with Crippen LogP contribution >= 0.6 is 11.6 Å². The predicted molar refractivity (Wildman–Crippen MR) is 71.3 cm³/mol. The third-order valence-electron chi connectivity index (χ3n) is 3.73. The van der Waals surface area contributed by atoms with E-state index in [0.717, 1.165) is 25.9 Å². The van der Waals surface area contributed by atoms with Crippen molar-refractivity contribution < 1.29 is 9.50 Å². The summed E-state index contributed by atoms with van der Waals surface area (Å²) in [7, 11) is 0. The molecular formula is C14H19ClFNO. The Morgan fingerprint density at radius 3 is 3.00 bits per heavy atom. The molecule has 0 spiro atoms. The van der Waals surface area contributed by atoms with E-state index in [9.17, 15) is 9.50 Å². The van der Waals surface area contributed by atoms with E-state index in [2.05, 4.69) is 5.32 Å². The van der Waals surface area contributed by atoms with Gasteiger partial charge in [-0.3, -0.25) is 0 Å². The van der Waals surface area contributed by atoms with Crippen LogP contribution in [0.1, 0.15) is 25.3 Å². The monoisotopic (exact) mass is 271 g/mol. The van der Waals surface area contributed by atoms with E-state index in [1.807, 2.05) is 0 Å². The molecule has 2 unspecified atom stereocenters. The van der Waals surface area contributed by atoms with E-state index < -0.39 is 5.60 Å². The lowest BCUT2D eigenvalue weighted by Gasteiger charge is -2.36. The molecule has 1 aromatic rings. The Morgan fingerprint density at radius 1 is 1.56 bits per heavy atom. The summed E-state index contributed by atoms with van der Waals surface area (Å²) in [6.07, 6.45) is 2.33. The zero-order valence-electron chi connectivity index (χ0n) is 10.5. The number of hydrogen-bond donors (Lipinski definition) is 2. The van der Waals surface area contributed by atoms with Crippen LogP contribution in [0.15, 0.2) is 18.2 Å². The minimum Gasteiger partial charge on any atom is -0.389 e. The van der Waals surface area contributed by atoms with Crippen molar-refractivity contribution in [2.45, 2.75) is 31.8 Å². The molecule has 2 atom stereocenters. The van der Waals surface area contributed by atoms with Crippen molar-refractivity contribution in [3.8, 4) is 0 Å². The minimum atomic E-state index is -0.904. The van der Waals surface area contributed by atoms with E-state index in [1.54, 1.807) is 13.0 Å². The fraction of sp³-hybridized carbons (Fsp3) is 0.571. The van der Waals surface area contributed by atoms with Crippen LogP contribution in [0.25, 0.3) is 0 Å². The van der Waals surface area contributed by atoms with Gasteiger partial charge in [-0.1, -0.05) is 11.6 Å². The Labute approximate surface area is 112 Å². The van der Waals surface area contributed by atoms with Crippen molar-refractivity contribution in [2.75, 3.05) is 13.1 Å². The molecule has 18 heavy (non-hydrogen) atoms. The maximum Gasteiger partial charge on any atom is 0.126 e. The summed E-state index contributed by atoms with van der Waals surface area (Å²) in [4.78, 5) is 0. The number of halogens is 2. The molecule has 1 fully saturated rings. The zero-order chi connectivity index (χ0) is 13.2. The third kappa shape index (κ3) is 3.22. The molecule has 1 aliphatic rings. The topological polar surface area (TPSA) is 32.3 Å². The van der Waals surface area contributed by atoms with Crippen molar-refractivity contribution >= 4 is 11.6 Å². The molecule has 0 saturated carbocycles. The summed E-state index contributed by atoms with van der Waals surface area (Å²) < 4.78 is 13.7. The molecule has 2 rings (SSSR count). The normalized spacial score (nSPS) is 23.7. The summed E-state index contributed by atoms with van der Waals surface area (Å²) in [6.45, 7) is 3.57. The van der Waals surface area contributed by atoms with Crippen LogP contribution in [-0.4, -0.2) is 23.8 Å². The molecule has 2 nitrogen and oxygen atoms in total. The van der Waals surface area contributed by atoms with Gasteiger partial charge in [0.25, 0.3) is 0 Å². The molecule has 0 amide bonds. The summed E-state index contributed by atoms with van der Waals surface area (Å²) in [6, 6.07) is 4.48. The van der Waals surface area contributed by atoms with E-state index in [-0.39, 0.29) is 11.7 Å². The summed E-state index contributed by atoms with van der Waals surface area (Å²) in [5.74, 6) is -0.145. The molecule has 0 aliphatic carbocycles. The molecule has 1 heterocycles. The Bertz CT molecular complexity index is 416. The average Bonchev–Trinajstić information content (AvgIpc) is 2.35. The highest BCUT2D eigenvalue weighted by atomic mass is 35.5. The highest BCUT2D eigenvalue weighted by Crippen LogP contribution is 2.29. The van der Waals surface area contributed by atoms with Crippen LogP contribution < -0.4 is 5.32 Å². The first-order valence-electron chi connectivity index (χ1n) is 6.36. The number of benzene rings is 1. The standard InChI is InChI=1S/C14H19ClFNO/c1-14(18,11-3-2-6-17-9-11)8-10-7-12(15)4-5-13(10)16/h4-5,7,11,17-18H,2-3,6,8-9H2,1H3. The van der Waals surface area contributed by atoms with Gasteiger partial charge in [0.1, 0.15) is 5.82 Å². The molecule has 0 radical (unpaired) electrons. The minimum absolute atomic E-state index is 0.157. The number of piperidine rings is 1. The van der Waals surface area contributed by atoms with Crippen LogP contribution in [0, 0.1) is 11.7 Å². The van der Waals surface area contributed by atoms with Gasteiger partial charge in [0.2, 0.25) is 0 Å². The third-order valence-corrected chi connectivity index (χ3v) is 3.97. The Kier molecular flexibility index (Phi) is 4.25. The van der Waals surface area contributed by atoms with Crippen molar-refractivity contribution in [3.05, 3.63) is 34.6 Å². The van der Waals surface area contributed by atoms with E-state index in [4.69, 9.17) is 11.6 Å². The van der Waals surface area contributed by atoms with Gasteiger partial charge in [-0.2, -0.15) is 0 Å². The first-order valence-corrected chi connectivity index (χ1v) is 6.74. The lowest BCUT2D eigenvalue weighted by atomic mass is 9.79. The highest BCUT2D eigenvalue weighted by molar-refractivity contribution is 6.30. The fourth-order valence-corrected chi connectivity index (χ4v) is 2.79. The lowest BCUT2D eigenvalue weighted by Crippen LogP contribution is -2.45. The number of nitrogens with one attached hydrogen (secondary N) is 1. The molecule has 2 N–H and O–H groups in total. The molecule has 0 aromatic heterocycles. The van der Waals surface area contributed by atoms with Gasteiger partial charge in [0.05, 0.1) is 5.60 Å². The van der Waals surface area contributed by atoms with Crippen molar-refractivity contribution in [1.29, 1.82) is 0 Å². The van der Waals surface area contributed by atoms with Crippen LogP contribution in [0.3, 0.4) is 0 Å². The number of rotatable bonds is 3. The molecule has 4 heteroatoms. The van der Waals surface area contributed by atoms with Crippen LogP contribution in [0.5, 0.6) is 0 Å². The van der Waals surface area contributed by atoms with Gasteiger partial charge in [-0.15, -0.1) is 0 Å². The van der Waals surface area contributed by atoms with Gasteiger partial charge in [0, 0.05) is 23.9 Å². The number of hydrogen-bond acceptors (Lipinski definition) is 2. The maximum absolute atomic E-state index is 13.7. The highest BCUT2D eigenvalue weighted by Gasteiger charge is 2.33. The van der Waals surface area contributed by atoms with Crippen LogP contribution in [-0.2, 0) is 6.42 Å². The average molecular weight is 272 g/mol. The van der Waals surface area contributed by atoms with Crippen molar-refractivity contribution in [1.82, 2.24) is 5.32 Å². The Balaban J connectivity index is 2.13. The lowest BCUT2D eigenvalue weighted by molar-refractivity contribution is -0.0108.